The largest absolute Gasteiger partial charge is 0.337 e. The zero-order valence-corrected chi connectivity index (χ0v) is 11.7. The number of rotatable bonds is 4. The molecule has 2 heterocycles. The Balaban J connectivity index is 1.52. The molecule has 2 N–H and O–H groups in total. The molecule has 1 aromatic carbocycles. The molecule has 6 nitrogen and oxygen atoms in total. The summed E-state index contributed by atoms with van der Waals surface area (Å²) in [4.78, 5) is 11.7. The van der Waals surface area contributed by atoms with E-state index in [2.05, 4.69) is 20.8 Å². The van der Waals surface area contributed by atoms with Crippen LogP contribution in [0.1, 0.15) is 5.82 Å². The Labute approximate surface area is 126 Å². The molecule has 22 heavy (non-hydrogen) atoms. The van der Waals surface area contributed by atoms with E-state index in [1.807, 2.05) is 28.8 Å². The fourth-order valence-corrected chi connectivity index (χ4v) is 2.06. The molecule has 0 bridgehead atoms. The molecular weight excluding hydrogens is 285 g/mol. The zero-order chi connectivity index (χ0) is 15.4. The number of halogens is 1. The lowest BCUT2D eigenvalue weighted by Gasteiger charge is -2.07. The first kappa shape index (κ1) is 14.0. The van der Waals surface area contributed by atoms with Gasteiger partial charge in [0.25, 0.3) is 0 Å². The lowest BCUT2D eigenvalue weighted by Crippen LogP contribution is -2.30. The highest BCUT2D eigenvalue weighted by Gasteiger charge is 2.06. The summed E-state index contributed by atoms with van der Waals surface area (Å²) in [7, 11) is 0. The summed E-state index contributed by atoms with van der Waals surface area (Å²) < 4.78 is 14.6. The number of hydrogen-bond acceptors (Lipinski definition) is 3. The molecule has 3 aromatic rings. The number of hydrogen-bond donors (Lipinski definition) is 2. The van der Waals surface area contributed by atoms with Gasteiger partial charge in [0, 0.05) is 24.8 Å². The molecule has 0 spiro atoms. The average molecular weight is 299 g/mol. The fourth-order valence-electron chi connectivity index (χ4n) is 2.06. The van der Waals surface area contributed by atoms with Crippen LogP contribution in [0.5, 0.6) is 0 Å². The first-order chi connectivity index (χ1) is 10.7. The Morgan fingerprint density at radius 3 is 2.77 bits per heavy atom. The third-order valence-corrected chi connectivity index (χ3v) is 3.12. The number of anilines is 1. The van der Waals surface area contributed by atoms with Gasteiger partial charge in [0.1, 0.15) is 11.6 Å². The average Bonchev–Trinajstić information content (AvgIpc) is 2.93. The minimum Gasteiger partial charge on any atom is -0.337 e. The third kappa shape index (κ3) is 3.20. The van der Waals surface area contributed by atoms with Gasteiger partial charge in [0.05, 0.1) is 0 Å². The smallest absolute Gasteiger partial charge is 0.319 e. The number of carbonyl (C=O) groups is 1. The molecule has 0 fully saturated rings. The Kier molecular flexibility index (Phi) is 3.95. The zero-order valence-electron chi connectivity index (χ0n) is 11.7. The Morgan fingerprint density at radius 2 is 1.95 bits per heavy atom. The van der Waals surface area contributed by atoms with Crippen LogP contribution < -0.4 is 10.6 Å². The van der Waals surface area contributed by atoms with Crippen molar-refractivity contribution >= 4 is 17.4 Å². The maximum atomic E-state index is 12.8. The van der Waals surface area contributed by atoms with Crippen molar-refractivity contribution < 1.29 is 9.18 Å². The van der Waals surface area contributed by atoms with Gasteiger partial charge >= 0.3 is 6.03 Å². The van der Waals surface area contributed by atoms with E-state index in [-0.39, 0.29) is 11.8 Å². The highest BCUT2D eigenvalue weighted by molar-refractivity contribution is 5.89. The van der Waals surface area contributed by atoms with Crippen LogP contribution >= 0.6 is 0 Å². The van der Waals surface area contributed by atoms with Crippen molar-refractivity contribution in [2.24, 2.45) is 0 Å². The summed E-state index contributed by atoms with van der Waals surface area (Å²) >= 11 is 0. The van der Waals surface area contributed by atoms with Gasteiger partial charge in [-0.3, -0.25) is 4.40 Å². The molecule has 0 atom stereocenters. The van der Waals surface area contributed by atoms with Crippen LogP contribution in [0.4, 0.5) is 14.9 Å². The molecular formula is C15H14FN5O. The minimum absolute atomic E-state index is 0.343. The number of nitrogens with one attached hydrogen (secondary N) is 2. The van der Waals surface area contributed by atoms with E-state index in [9.17, 15) is 9.18 Å². The van der Waals surface area contributed by atoms with Crippen molar-refractivity contribution in [3.8, 4) is 0 Å². The van der Waals surface area contributed by atoms with Crippen LogP contribution in [-0.4, -0.2) is 27.2 Å². The molecule has 0 aliphatic rings. The van der Waals surface area contributed by atoms with Crippen LogP contribution in [0.25, 0.3) is 5.65 Å². The van der Waals surface area contributed by atoms with Crippen LogP contribution in [0.15, 0.2) is 48.7 Å². The van der Waals surface area contributed by atoms with Gasteiger partial charge in [0.15, 0.2) is 5.65 Å². The summed E-state index contributed by atoms with van der Waals surface area (Å²) in [5.74, 6) is 0.433. The van der Waals surface area contributed by atoms with Gasteiger partial charge in [0.2, 0.25) is 0 Å². The molecule has 0 aliphatic carbocycles. The van der Waals surface area contributed by atoms with Gasteiger partial charge in [-0.2, -0.15) is 0 Å². The second-order valence-electron chi connectivity index (χ2n) is 4.68. The molecule has 2 amide bonds. The van der Waals surface area contributed by atoms with Crippen LogP contribution in [0, 0.1) is 5.82 Å². The lowest BCUT2D eigenvalue weighted by molar-refractivity contribution is 0.252. The summed E-state index contributed by atoms with van der Waals surface area (Å²) in [6, 6.07) is 10.9. The maximum absolute atomic E-state index is 12.8. The molecule has 0 saturated carbocycles. The van der Waals surface area contributed by atoms with E-state index in [4.69, 9.17) is 0 Å². The normalized spacial score (nSPS) is 10.6. The highest BCUT2D eigenvalue weighted by Crippen LogP contribution is 2.07. The van der Waals surface area contributed by atoms with Gasteiger partial charge in [-0.05, 0) is 36.4 Å². The van der Waals surface area contributed by atoms with Crippen molar-refractivity contribution in [2.45, 2.75) is 6.42 Å². The number of benzene rings is 1. The number of fused-ring (bicyclic) bond motifs is 1. The summed E-state index contributed by atoms with van der Waals surface area (Å²) in [6.45, 7) is 0.419. The molecule has 112 valence electrons. The van der Waals surface area contributed by atoms with Crippen molar-refractivity contribution in [3.05, 3.63) is 60.3 Å². The SMILES string of the molecule is O=C(NCCc1nnc2ccccn12)Nc1ccc(F)cc1. The second-order valence-corrected chi connectivity index (χ2v) is 4.68. The van der Waals surface area contributed by atoms with Crippen molar-refractivity contribution in [3.63, 3.8) is 0 Å². The van der Waals surface area contributed by atoms with Crippen molar-refractivity contribution in [1.82, 2.24) is 19.9 Å². The summed E-state index contributed by atoms with van der Waals surface area (Å²) in [6.07, 6.45) is 2.44. The summed E-state index contributed by atoms with van der Waals surface area (Å²) in [5, 5.41) is 13.5. The van der Waals surface area contributed by atoms with Gasteiger partial charge in [-0.15, -0.1) is 10.2 Å². The van der Waals surface area contributed by atoms with E-state index in [0.717, 1.165) is 11.5 Å². The molecule has 7 heteroatoms. The fraction of sp³-hybridized carbons (Fsp3) is 0.133. The Bertz CT molecular complexity index is 784. The summed E-state index contributed by atoms with van der Waals surface area (Å²) in [5.41, 5.74) is 1.31. The number of pyridine rings is 1. The monoisotopic (exact) mass is 299 g/mol. The highest BCUT2D eigenvalue weighted by atomic mass is 19.1. The minimum atomic E-state index is -0.347. The van der Waals surface area contributed by atoms with Crippen molar-refractivity contribution in [1.29, 1.82) is 0 Å². The van der Waals surface area contributed by atoms with E-state index in [1.54, 1.807) is 0 Å². The topological polar surface area (TPSA) is 71.3 Å². The molecule has 0 aliphatic heterocycles. The predicted octanol–water partition coefficient (Wildman–Crippen LogP) is 2.23. The standard InChI is InChI=1S/C15H14FN5O/c16-11-4-6-12(7-5-11)18-15(22)17-9-8-14-20-19-13-3-1-2-10-21(13)14/h1-7,10H,8-9H2,(H2,17,18,22). The van der Waals surface area contributed by atoms with E-state index in [1.165, 1.54) is 24.3 Å². The number of aromatic nitrogens is 3. The predicted molar refractivity (Wildman–Crippen MR) is 80.1 cm³/mol. The Hall–Kier alpha value is -2.96. The second kappa shape index (κ2) is 6.21. The quantitative estimate of drug-likeness (QED) is 0.776. The molecule has 3 rings (SSSR count). The number of carbonyl (C=O) groups excluding carboxylic acids is 1. The van der Waals surface area contributed by atoms with Crippen molar-refractivity contribution in [2.75, 3.05) is 11.9 Å². The number of urea groups is 1. The Morgan fingerprint density at radius 1 is 1.14 bits per heavy atom. The van der Waals surface area contributed by atoms with E-state index < -0.39 is 0 Å². The van der Waals surface area contributed by atoms with Gasteiger partial charge in [-0.1, -0.05) is 6.07 Å². The number of amides is 2. The molecule has 0 unspecified atom stereocenters. The van der Waals surface area contributed by atoms with Gasteiger partial charge in [-0.25, -0.2) is 9.18 Å². The molecule has 2 aromatic heterocycles. The first-order valence-corrected chi connectivity index (χ1v) is 6.81. The van der Waals surface area contributed by atoms with Gasteiger partial charge < -0.3 is 10.6 Å². The lowest BCUT2D eigenvalue weighted by atomic mass is 10.3. The number of nitrogens with zero attached hydrogens (tertiary/aromatic N) is 3. The third-order valence-electron chi connectivity index (χ3n) is 3.12. The molecule has 0 radical (unpaired) electrons. The first-order valence-electron chi connectivity index (χ1n) is 6.81. The van der Waals surface area contributed by atoms with Crippen LogP contribution in [-0.2, 0) is 6.42 Å². The maximum Gasteiger partial charge on any atom is 0.319 e. The van der Waals surface area contributed by atoms with E-state index in [0.29, 0.717) is 18.7 Å². The van der Waals surface area contributed by atoms with Crippen LogP contribution in [0.2, 0.25) is 0 Å². The van der Waals surface area contributed by atoms with Crippen LogP contribution in [0.3, 0.4) is 0 Å². The van der Waals surface area contributed by atoms with E-state index >= 15 is 0 Å². The molecule has 0 saturated heterocycles.